The Balaban J connectivity index is 1.86. The van der Waals surface area contributed by atoms with E-state index in [0.29, 0.717) is 36.6 Å². The summed E-state index contributed by atoms with van der Waals surface area (Å²) in [6, 6.07) is 2.96. The summed E-state index contributed by atoms with van der Waals surface area (Å²) >= 11 is 0. The number of nitrogens with zero attached hydrogens (tertiary/aromatic N) is 5. The number of halogens is 3. The molecule has 1 saturated heterocycles. The number of amides is 1. The number of aliphatic hydroxyl groups excluding tert-OH is 1. The number of nitrogens with one attached hydrogen (secondary N) is 1. The molecule has 11 heteroatoms. The lowest BCUT2D eigenvalue weighted by Gasteiger charge is -2.34. The molecule has 0 saturated carbocycles. The maximum absolute atomic E-state index is 13.1. The minimum atomic E-state index is -4.49. The number of carbonyl (C=O) groups is 1. The molecule has 2 heterocycles. The van der Waals surface area contributed by atoms with Gasteiger partial charge in [0.25, 0.3) is 0 Å². The zero-order chi connectivity index (χ0) is 21.0. The van der Waals surface area contributed by atoms with Crippen molar-refractivity contribution in [2.45, 2.75) is 25.7 Å². The van der Waals surface area contributed by atoms with Crippen molar-refractivity contribution in [3.05, 3.63) is 46.8 Å². The van der Waals surface area contributed by atoms with E-state index in [2.05, 4.69) is 20.7 Å². The highest BCUT2D eigenvalue weighted by atomic mass is 19.4. The summed E-state index contributed by atoms with van der Waals surface area (Å²) < 4.78 is 39.4. The van der Waals surface area contributed by atoms with Gasteiger partial charge in [0.2, 0.25) is 5.91 Å². The fourth-order valence-corrected chi connectivity index (χ4v) is 3.10. The van der Waals surface area contributed by atoms with E-state index in [9.17, 15) is 23.1 Å². The minimum absolute atomic E-state index is 0.0223. The first-order valence-electron chi connectivity index (χ1n) is 9.02. The lowest BCUT2D eigenvalue weighted by Crippen LogP contribution is -2.54. The van der Waals surface area contributed by atoms with Crippen molar-refractivity contribution in [2.24, 2.45) is 0 Å². The molecule has 1 aromatic carbocycles. The smallest absolute Gasteiger partial charge is 0.394 e. The van der Waals surface area contributed by atoms with Gasteiger partial charge < -0.3 is 15.3 Å². The average Bonchev–Trinajstić information content (AvgIpc) is 3.10. The lowest BCUT2D eigenvalue weighted by atomic mass is 10.0. The monoisotopic (exact) mass is 410 g/mol. The Morgan fingerprint density at radius 1 is 1.41 bits per heavy atom. The van der Waals surface area contributed by atoms with Gasteiger partial charge in [-0.3, -0.25) is 4.79 Å². The highest BCUT2D eigenvalue weighted by Gasteiger charge is 2.31. The molecule has 0 radical (unpaired) electrons. The molecule has 1 aliphatic heterocycles. The standard InChI is InChI=1S/C18H21F3N6O2/c1-12-23-25-27(24-12)10-14-8-15(18(19,20)21)4-2-13(14)3-5-17(29)26-7-6-22-9-16(26)11-28/h2-5,8,16,22,28H,6-7,9-11H2,1H3/t16-/m0/s1. The fourth-order valence-electron chi connectivity index (χ4n) is 3.10. The zero-order valence-electron chi connectivity index (χ0n) is 15.7. The zero-order valence-corrected chi connectivity index (χ0v) is 15.7. The van der Waals surface area contributed by atoms with Gasteiger partial charge in [0.15, 0.2) is 5.82 Å². The Kier molecular flexibility index (Phi) is 6.28. The highest BCUT2D eigenvalue weighted by Crippen LogP contribution is 2.31. The van der Waals surface area contributed by atoms with E-state index < -0.39 is 11.7 Å². The summed E-state index contributed by atoms with van der Waals surface area (Å²) in [5.41, 5.74) is -0.0486. The van der Waals surface area contributed by atoms with Gasteiger partial charge in [-0.25, -0.2) is 0 Å². The number of carbonyl (C=O) groups excluding carboxylic acids is 1. The van der Waals surface area contributed by atoms with Crippen LogP contribution in [0.2, 0.25) is 0 Å². The van der Waals surface area contributed by atoms with Crippen molar-refractivity contribution < 1.29 is 23.1 Å². The predicted molar refractivity (Wildman–Crippen MR) is 97.6 cm³/mol. The molecule has 1 fully saturated rings. The number of aryl methyl sites for hydroxylation is 1. The second-order valence-corrected chi connectivity index (χ2v) is 6.68. The first-order valence-corrected chi connectivity index (χ1v) is 9.02. The number of alkyl halides is 3. The largest absolute Gasteiger partial charge is 0.416 e. The van der Waals surface area contributed by atoms with E-state index in [-0.39, 0.29) is 25.1 Å². The molecule has 1 atom stereocenters. The van der Waals surface area contributed by atoms with Gasteiger partial charge in [-0.05, 0) is 41.5 Å². The Morgan fingerprint density at radius 2 is 2.21 bits per heavy atom. The number of hydrogen-bond donors (Lipinski definition) is 2. The molecule has 0 bridgehead atoms. The van der Waals surface area contributed by atoms with Gasteiger partial charge in [-0.2, -0.15) is 18.0 Å². The van der Waals surface area contributed by atoms with Crippen molar-refractivity contribution >= 4 is 12.0 Å². The second kappa shape index (κ2) is 8.70. The first kappa shape index (κ1) is 20.9. The Labute approximate surface area is 165 Å². The summed E-state index contributed by atoms with van der Waals surface area (Å²) in [7, 11) is 0. The Bertz CT molecular complexity index is 896. The van der Waals surface area contributed by atoms with Gasteiger partial charge in [0, 0.05) is 25.7 Å². The SMILES string of the molecule is Cc1nnn(Cc2cc(C(F)(F)F)ccc2C=CC(=O)N2CCNC[C@H]2CO)n1. The number of benzene rings is 1. The van der Waals surface area contributed by atoms with Gasteiger partial charge >= 0.3 is 6.18 Å². The van der Waals surface area contributed by atoms with Gasteiger partial charge in [0.1, 0.15) is 0 Å². The van der Waals surface area contributed by atoms with Gasteiger partial charge in [0.05, 0.1) is 24.8 Å². The van der Waals surface area contributed by atoms with Crippen molar-refractivity contribution in [1.82, 2.24) is 30.4 Å². The molecular formula is C18H21F3N6O2. The molecule has 1 aromatic heterocycles. The second-order valence-electron chi connectivity index (χ2n) is 6.68. The van der Waals surface area contributed by atoms with Gasteiger partial charge in [-0.1, -0.05) is 6.07 Å². The molecule has 1 aliphatic rings. The third-order valence-electron chi connectivity index (χ3n) is 4.58. The molecule has 29 heavy (non-hydrogen) atoms. The number of tetrazole rings is 1. The number of piperazine rings is 1. The van der Waals surface area contributed by atoms with Crippen LogP contribution in [0.3, 0.4) is 0 Å². The molecule has 0 aliphatic carbocycles. The maximum atomic E-state index is 13.1. The predicted octanol–water partition coefficient (Wildman–Crippen LogP) is 0.855. The van der Waals surface area contributed by atoms with Crippen LogP contribution in [0.15, 0.2) is 24.3 Å². The van der Waals surface area contributed by atoms with Crippen LogP contribution in [0.4, 0.5) is 13.2 Å². The van der Waals surface area contributed by atoms with Crippen molar-refractivity contribution in [2.75, 3.05) is 26.2 Å². The molecule has 0 spiro atoms. The quantitative estimate of drug-likeness (QED) is 0.710. The highest BCUT2D eigenvalue weighted by molar-refractivity contribution is 5.92. The number of aromatic nitrogens is 4. The third kappa shape index (κ3) is 5.18. The average molecular weight is 410 g/mol. The first-order chi connectivity index (χ1) is 13.8. The molecule has 2 aromatic rings. The van der Waals surface area contributed by atoms with Crippen LogP contribution in [-0.2, 0) is 17.5 Å². The van der Waals surface area contributed by atoms with Crippen molar-refractivity contribution in [3.63, 3.8) is 0 Å². The fraction of sp³-hybridized carbons (Fsp3) is 0.444. The van der Waals surface area contributed by atoms with Crippen LogP contribution < -0.4 is 5.32 Å². The van der Waals surface area contributed by atoms with Crippen LogP contribution in [-0.4, -0.2) is 68.4 Å². The third-order valence-corrected chi connectivity index (χ3v) is 4.58. The molecule has 3 rings (SSSR count). The van der Waals surface area contributed by atoms with Crippen molar-refractivity contribution in [1.29, 1.82) is 0 Å². The Hall–Kier alpha value is -2.79. The maximum Gasteiger partial charge on any atom is 0.416 e. The van der Waals surface area contributed by atoms with E-state index in [4.69, 9.17) is 0 Å². The summed E-state index contributed by atoms with van der Waals surface area (Å²) in [4.78, 5) is 15.3. The molecule has 1 amide bonds. The molecule has 156 valence electrons. The van der Waals surface area contributed by atoms with Crippen LogP contribution in [0, 0.1) is 6.92 Å². The van der Waals surface area contributed by atoms with E-state index in [0.717, 1.165) is 12.1 Å². The number of rotatable bonds is 5. The van der Waals surface area contributed by atoms with Crippen LogP contribution in [0.5, 0.6) is 0 Å². The van der Waals surface area contributed by atoms with E-state index in [1.807, 2.05) is 0 Å². The van der Waals surface area contributed by atoms with Crippen molar-refractivity contribution in [3.8, 4) is 0 Å². The van der Waals surface area contributed by atoms with Crippen LogP contribution >= 0.6 is 0 Å². The summed E-state index contributed by atoms with van der Waals surface area (Å²) in [5, 5.41) is 24.0. The summed E-state index contributed by atoms with van der Waals surface area (Å²) in [6.07, 6.45) is -1.72. The van der Waals surface area contributed by atoms with Gasteiger partial charge in [-0.15, -0.1) is 10.2 Å². The lowest BCUT2D eigenvalue weighted by molar-refractivity contribution is -0.137. The van der Waals surface area contributed by atoms with E-state index in [1.54, 1.807) is 11.8 Å². The van der Waals surface area contributed by atoms with Crippen LogP contribution in [0.25, 0.3) is 6.08 Å². The topological polar surface area (TPSA) is 96.2 Å². The molecule has 0 unspecified atom stereocenters. The molecule has 8 nitrogen and oxygen atoms in total. The summed E-state index contributed by atoms with van der Waals surface area (Å²) in [5.74, 6) is 0.0872. The number of hydrogen-bond acceptors (Lipinski definition) is 6. The normalized spacial score (nSPS) is 17.8. The molecule has 2 N–H and O–H groups in total. The van der Waals surface area contributed by atoms with E-state index >= 15 is 0 Å². The minimum Gasteiger partial charge on any atom is -0.394 e. The number of aliphatic hydroxyl groups is 1. The molecular weight excluding hydrogens is 389 g/mol. The summed E-state index contributed by atoms with van der Waals surface area (Å²) in [6.45, 7) is 2.97. The van der Waals surface area contributed by atoms with E-state index in [1.165, 1.54) is 23.0 Å². The van der Waals surface area contributed by atoms with Crippen LogP contribution in [0.1, 0.15) is 22.5 Å². The Morgan fingerprint density at radius 3 is 2.86 bits per heavy atom.